The van der Waals surface area contributed by atoms with Crippen LogP contribution in [0.25, 0.3) is 0 Å². The van der Waals surface area contributed by atoms with Crippen molar-refractivity contribution in [3.05, 3.63) is 12.2 Å². The summed E-state index contributed by atoms with van der Waals surface area (Å²) in [4.78, 5) is 0. The molecule has 88 valence electrons. The molecule has 1 aliphatic heterocycles. The average molecular weight is 211 g/mol. The second-order valence-electron chi connectivity index (χ2n) is 4.63. The van der Waals surface area contributed by atoms with Crippen molar-refractivity contribution >= 4 is 0 Å². The molecule has 15 heavy (non-hydrogen) atoms. The lowest BCUT2D eigenvalue weighted by Gasteiger charge is -2.31. The first kappa shape index (κ1) is 12.7. The molecule has 0 aromatic carbocycles. The molecule has 2 nitrogen and oxygen atoms in total. The summed E-state index contributed by atoms with van der Waals surface area (Å²) in [5.74, 6) is 0. The topological polar surface area (TPSA) is 21.3 Å². The predicted octanol–water partition coefficient (Wildman–Crippen LogP) is 2.89. The van der Waals surface area contributed by atoms with E-state index < -0.39 is 0 Å². The van der Waals surface area contributed by atoms with Crippen LogP contribution >= 0.6 is 0 Å². The monoisotopic (exact) mass is 211 g/mol. The highest BCUT2D eigenvalue weighted by atomic mass is 16.5. The van der Waals surface area contributed by atoms with Crippen molar-refractivity contribution in [1.82, 2.24) is 5.32 Å². The average Bonchev–Trinajstić information content (AvgIpc) is 2.25. The van der Waals surface area contributed by atoms with Gasteiger partial charge in [-0.1, -0.05) is 12.5 Å². The van der Waals surface area contributed by atoms with Crippen molar-refractivity contribution in [3.63, 3.8) is 0 Å². The molecule has 0 bridgehead atoms. The maximum atomic E-state index is 5.83. The molecule has 1 aliphatic rings. The van der Waals surface area contributed by atoms with Crippen LogP contribution in [0, 0.1) is 0 Å². The Labute approximate surface area is 94.1 Å². The van der Waals surface area contributed by atoms with E-state index in [1.54, 1.807) is 0 Å². The fourth-order valence-electron chi connectivity index (χ4n) is 2.12. The third-order valence-electron chi connectivity index (χ3n) is 2.89. The molecule has 1 rings (SSSR count). The normalized spacial score (nSPS) is 23.7. The van der Waals surface area contributed by atoms with Gasteiger partial charge in [0.05, 0.1) is 6.10 Å². The lowest BCUT2D eigenvalue weighted by Crippen LogP contribution is -2.43. The number of hydrogen-bond donors (Lipinski definition) is 1. The molecular formula is C13H25NO. The van der Waals surface area contributed by atoms with E-state index in [-0.39, 0.29) is 0 Å². The minimum atomic E-state index is 0.405. The Morgan fingerprint density at radius 1 is 1.53 bits per heavy atom. The summed E-state index contributed by atoms with van der Waals surface area (Å²) in [6.45, 7) is 10.3. The zero-order chi connectivity index (χ0) is 11.1. The molecule has 1 heterocycles. The molecule has 1 saturated heterocycles. The van der Waals surface area contributed by atoms with Gasteiger partial charge in [-0.2, -0.15) is 0 Å². The van der Waals surface area contributed by atoms with E-state index >= 15 is 0 Å². The Hall–Kier alpha value is -0.340. The molecule has 2 heteroatoms. The Kier molecular flexibility index (Phi) is 5.96. The number of hydrogen-bond acceptors (Lipinski definition) is 2. The van der Waals surface area contributed by atoms with Crippen LogP contribution in [0.2, 0.25) is 0 Å². The van der Waals surface area contributed by atoms with Crippen molar-refractivity contribution in [2.45, 2.75) is 58.1 Å². The molecule has 1 N–H and O–H groups in total. The largest absolute Gasteiger partial charge is 0.377 e. The minimum Gasteiger partial charge on any atom is -0.377 e. The highest BCUT2D eigenvalue weighted by molar-refractivity contribution is 4.96. The van der Waals surface area contributed by atoms with Gasteiger partial charge in [-0.25, -0.2) is 0 Å². The predicted molar refractivity (Wildman–Crippen MR) is 65.1 cm³/mol. The van der Waals surface area contributed by atoms with E-state index in [9.17, 15) is 0 Å². The summed E-state index contributed by atoms with van der Waals surface area (Å²) in [6.07, 6.45) is 6.37. The van der Waals surface area contributed by atoms with Gasteiger partial charge in [0.15, 0.2) is 0 Å². The summed E-state index contributed by atoms with van der Waals surface area (Å²) >= 11 is 0. The van der Waals surface area contributed by atoms with Gasteiger partial charge in [-0.15, -0.1) is 6.58 Å². The van der Waals surface area contributed by atoms with Crippen LogP contribution in [0.4, 0.5) is 0 Å². The summed E-state index contributed by atoms with van der Waals surface area (Å²) in [5.41, 5.74) is 1.25. The highest BCUT2D eigenvalue weighted by Gasteiger charge is 2.23. The van der Waals surface area contributed by atoms with Crippen LogP contribution in [0.15, 0.2) is 12.2 Å². The molecule has 0 aliphatic carbocycles. The SMILES string of the molecule is C=C(C)CC(NCCC)C1CCCCO1. The molecule has 2 atom stereocenters. The van der Waals surface area contributed by atoms with Gasteiger partial charge in [0, 0.05) is 12.6 Å². The van der Waals surface area contributed by atoms with Crippen LogP contribution in [-0.4, -0.2) is 25.3 Å². The van der Waals surface area contributed by atoms with Crippen molar-refractivity contribution in [1.29, 1.82) is 0 Å². The van der Waals surface area contributed by atoms with E-state index in [2.05, 4.69) is 25.7 Å². The fourth-order valence-corrected chi connectivity index (χ4v) is 2.12. The van der Waals surface area contributed by atoms with Crippen molar-refractivity contribution in [3.8, 4) is 0 Å². The second kappa shape index (κ2) is 7.02. The van der Waals surface area contributed by atoms with E-state index in [0.717, 1.165) is 19.6 Å². The van der Waals surface area contributed by atoms with E-state index in [1.165, 1.54) is 31.3 Å². The maximum absolute atomic E-state index is 5.83. The Balaban J connectivity index is 2.41. The van der Waals surface area contributed by atoms with Crippen LogP contribution in [-0.2, 0) is 4.74 Å². The molecule has 0 spiro atoms. The van der Waals surface area contributed by atoms with E-state index in [4.69, 9.17) is 4.74 Å². The van der Waals surface area contributed by atoms with Gasteiger partial charge in [-0.05, 0) is 45.6 Å². The summed E-state index contributed by atoms with van der Waals surface area (Å²) < 4.78 is 5.83. The summed E-state index contributed by atoms with van der Waals surface area (Å²) in [7, 11) is 0. The molecule has 0 saturated carbocycles. The van der Waals surface area contributed by atoms with E-state index in [1.807, 2.05) is 0 Å². The molecule has 0 amide bonds. The standard InChI is InChI=1S/C13H25NO/c1-4-8-14-12(10-11(2)3)13-7-5-6-9-15-13/h12-14H,2,4-10H2,1,3H3. The molecule has 2 unspecified atom stereocenters. The first-order valence-electron chi connectivity index (χ1n) is 6.23. The van der Waals surface area contributed by atoms with Crippen LogP contribution < -0.4 is 5.32 Å². The second-order valence-corrected chi connectivity index (χ2v) is 4.63. The maximum Gasteiger partial charge on any atom is 0.0731 e. The Bertz CT molecular complexity index is 185. The summed E-state index contributed by atoms with van der Waals surface area (Å²) in [5, 5.41) is 3.58. The molecule has 0 aromatic heterocycles. The van der Waals surface area contributed by atoms with Gasteiger partial charge < -0.3 is 10.1 Å². The lowest BCUT2D eigenvalue weighted by atomic mass is 9.97. The Morgan fingerprint density at radius 2 is 2.33 bits per heavy atom. The third kappa shape index (κ3) is 4.80. The van der Waals surface area contributed by atoms with Crippen LogP contribution in [0.3, 0.4) is 0 Å². The van der Waals surface area contributed by atoms with E-state index in [0.29, 0.717) is 12.1 Å². The summed E-state index contributed by atoms with van der Waals surface area (Å²) in [6, 6.07) is 0.475. The van der Waals surface area contributed by atoms with Crippen molar-refractivity contribution < 1.29 is 4.74 Å². The van der Waals surface area contributed by atoms with Gasteiger partial charge in [0.2, 0.25) is 0 Å². The fraction of sp³-hybridized carbons (Fsp3) is 0.846. The minimum absolute atomic E-state index is 0.405. The quantitative estimate of drug-likeness (QED) is 0.682. The number of rotatable bonds is 6. The third-order valence-corrected chi connectivity index (χ3v) is 2.89. The lowest BCUT2D eigenvalue weighted by molar-refractivity contribution is -0.00733. The molecular weight excluding hydrogens is 186 g/mol. The van der Waals surface area contributed by atoms with Crippen molar-refractivity contribution in [2.75, 3.05) is 13.2 Å². The van der Waals surface area contributed by atoms with Gasteiger partial charge in [-0.3, -0.25) is 0 Å². The van der Waals surface area contributed by atoms with Gasteiger partial charge in [0.25, 0.3) is 0 Å². The smallest absolute Gasteiger partial charge is 0.0731 e. The molecule has 0 aromatic rings. The molecule has 0 radical (unpaired) electrons. The number of ether oxygens (including phenoxy) is 1. The van der Waals surface area contributed by atoms with Gasteiger partial charge >= 0.3 is 0 Å². The van der Waals surface area contributed by atoms with Crippen LogP contribution in [0.1, 0.15) is 46.0 Å². The highest BCUT2D eigenvalue weighted by Crippen LogP contribution is 2.19. The zero-order valence-corrected chi connectivity index (χ0v) is 10.2. The molecule has 1 fully saturated rings. The number of nitrogens with one attached hydrogen (secondary N) is 1. The first-order chi connectivity index (χ1) is 7.24. The van der Waals surface area contributed by atoms with Crippen LogP contribution in [0.5, 0.6) is 0 Å². The zero-order valence-electron chi connectivity index (χ0n) is 10.2. The Morgan fingerprint density at radius 3 is 2.87 bits per heavy atom. The first-order valence-corrected chi connectivity index (χ1v) is 6.23. The van der Waals surface area contributed by atoms with Crippen molar-refractivity contribution in [2.24, 2.45) is 0 Å². The van der Waals surface area contributed by atoms with Gasteiger partial charge in [0.1, 0.15) is 0 Å².